The summed E-state index contributed by atoms with van der Waals surface area (Å²) >= 11 is 0. The van der Waals surface area contributed by atoms with Gasteiger partial charge < -0.3 is 4.74 Å². The minimum Gasteiger partial charge on any atom is -0.493 e. The van der Waals surface area contributed by atoms with Gasteiger partial charge in [-0.3, -0.25) is 10.1 Å². The molecule has 0 saturated carbocycles. The van der Waals surface area contributed by atoms with Crippen molar-refractivity contribution in [2.75, 3.05) is 6.61 Å². The summed E-state index contributed by atoms with van der Waals surface area (Å²) in [5, 5.41) is 11.3. The van der Waals surface area contributed by atoms with Crippen molar-refractivity contribution in [3.8, 4) is 5.75 Å². The van der Waals surface area contributed by atoms with E-state index in [0.29, 0.717) is 13.0 Å². The Balaban J connectivity index is 1.88. The van der Waals surface area contributed by atoms with Gasteiger partial charge in [-0.15, -0.1) is 0 Å². The van der Waals surface area contributed by atoms with Crippen molar-refractivity contribution < 1.29 is 9.66 Å². The monoisotopic (exact) mass is 281 g/mol. The molecule has 0 saturated heterocycles. The standard InChI is InChI=1S/C17H15NO3/c19-18(20)16(11-13-4-2-1-3-5-13)12-14-6-7-17-15(10-14)8-9-21-17/h1-7,10,12H,8-9,11H2. The van der Waals surface area contributed by atoms with Gasteiger partial charge in [-0.2, -0.15) is 0 Å². The molecule has 2 aromatic rings. The van der Waals surface area contributed by atoms with Crippen LogP contribution >= 0.6 is 0 Å². The SMILES string of the molecule is O=[N+]([O-])C(=Cc1ccc2c(c1)CCO2)Cc1ccccc1. The number of nitrogens with zero attached hydrogens (tertiary/aromatic N) is 1. The van der Waals surface area contributed by atoms with Crippen molar-refractivity contribution in [1.82, 2.24) is 0 Å². The third-order valence-electron chi connectivity index (χ3n) is 3.51. The quantitative estimate of drug-likeness (QED) is 0.637. The zero-order valence-corrected chi connectivity index (χ0v) is 11.5. The largest absolute Gasteiger partial charge is 0.493 e. The van der Waals surface area contributed by atoms with Crippen LogP contribution in [0.15, 0.2) is 54.2 Å². The molecule has 1 aliphatic rings. The van der Waals surface area contributed by atoms with Gasteiger partial charge in [-0.1, -0.05) is 36.4 Å². The van der Waals surface area contributed by atoms with Crippen LogP contribution in [0.5, 0.6) is 5.75 Å². The van der Waals surface area contributed by atoms with Crippen molar-refractivity contribution in [3.05, 3.63) is 81.0 Å². The number of hydrogen-bond acceptors (Lipinski definition) is 3. The second-order valence-electron chi connectivity index (χ2n) is 5.02. The van der Waals surface area contributed by atoms with Crippen LogP contribution in [0.3, 0.4) is 0 Å². The highest BCUT2D eigenvalue weighted by atomic mass is 16.6. The van der Waals surface area contributed by atoms with Crippen LogP contribution in [-0.4, -0.2) is 11.5 Å². The Kier molecular flexibility index (Phi) is 3.69. The van der Waals surface area contributed by atoms with Crippen LogP contribution in [-0.2, 0) is 12.8 Å². The van der Waals surface area contributed by atoms with Gasteiger partial charge in [0.2, 0.25) is 0 Å². The van der Waals surface area contributed by atoms with Crippen LogP contribution in [0.1, 0.15) is 16.7 Å². The predicted octanol–water partition coefficient (Wildman–Crippen LogP) is 3.48. The molecule has 1 aliphatic heterocycles. The number of rotatable bonds is 4. The van der Waals surface area contributed by atoms with Gasteiger partial charge in [0.25, 0.3) is 5.70 Å². The Hall–Kier alpha value is -2.62. The topological polar surface area (TPSA) is 52.4 Å². The van der Waals surface area contributed by atoms with E-state index < -0.39 is 0 Å². The first-order valence-electron chi connectivity index (χ1n) is 6.87. The van der Waals surface area contributed by atoms with Gasteiger partial charge in [0.05, 0.1) is 18.0 Å². The Bertz CT molecular complexity index is 692. The van der Waals surface area contributed by atoms with Crippen LogP contribution in [0, 0.1) is 10.1 Å². The number of fused-ring (bicyclic) bond motifs is 1. The molecular formula is C17H15NO3. The molecule has 21 heavy (non-hydrogen) atoms. The first-order chi connectivity index (χ1) is 10.2. The lowest BCUT2D eigenvalue weighted by Crippen LogP contribution is -2.02. The summed E-state index contributed by atoms with van der Waals surface area (Å²) in [4.78, 5) is 10.9. The lowest BCUT2D eigenvalue weighted by atomic mass is 10.1. The van der Waals surface area contributed by atoms with E-state index in [2.05, 4.69) is 0 Å². The summed E-state index contributed by atoms with van der Waals surface area (Å²) in [6, 6.07) is 15.2. The summed E-state index contributed by atoms with van der Waals surface area (Å²) in [5.74, 6) is 0.887. The van der Waals surface area contributed by atoms with Gasteiger partial charge >= 0.3 is 0 Å². The molecule has 1 heterocycles. The van der Waals surface area contributed by atoms with Crippen molar-refractivity contribution in [1.29, 1.82) is 0 Å². The Morgan fingerprint density at radius 2 is 2.05 bits per heavy atom. The maximum absolute atomic E-state index is 11.3. The van der Waals surface area contributed by atoms with Gasteiger partial charge in [-0.25, -0.2) is 0 Å². The minimum absolute atomic E-state index is 0.195. The maximum atomic E-state index is 11.3. The summed E-state index contributed by atoms with van der Waals surface area (Å²) in [7, 11) is 0. The van der Waals surface area contributed by atoms with Crippen LogP contribution in [0.4, 0.5) is 0 Å². The predicted molar refractivity (Wildman–Crippen MR) is 80.8 cm³/mol. The second-order valence-corrected chi connectivity index (χ2v) is 5.02. The van der Waals surface area contributed by atoms with Crippen molar-refractivity contribution in [2.24, 2.45) is 0 Å². The summed E-state index contributed by atoms with van der Waals surface area (Å²) in [6.45, 7) is 0.689. The molecule has 0 aromatic heterocycles. The normalized spacial score (nSPS) is 13.6. The first-order valence-corrected chi connectivity index (χ1v) is 6.87. The average Bonchev–Trinajstić information content (AvgIpc) is 2.95. The fourth-order valence-electron chi connectivity index (χ4n) is 2.46. The number of nitro groups is 1. The summed E-state index contributed by atoms with van der Waals surface area (Å²) < 4.78 is 5.45. The lowest BCUT2D eigenvalue weighted by Gasteiger charge is -2.02. The van der Waals surface area contributed by atoms with Gasteiger partial charge in [-0.05, 0) is 28.8 Å². The molecular weight excluding hydrogens is 266 g/mol. The Labute approximate surface area is 122 Å². The highest BCUT2D eigenvalue weighted by molar-refractivity contribution is 5.56. The average molecular weight is 281 g/mol. The lowest BCUT2D eigenvalue weighted by molar-refractivity contribution is -0.425. The zero-order chi connectivity index (χ0) is 14.7. The molecule has 3 rings (SSSR count). The maximum Gasteiger partial charge on any atom is 0.251 e. The van der Waals surface area contributed by atoms with E-state index in [-0.39, 0.29) is 10.6 Å². The fraction of sp³-hybridized carbons (Fsp3) is 0.176. The molecule has 0 atom stereocenters. The highest BCUT2D eigenvalue weighted by Crippen LogP contribution is 2.27. The molecule has 0 fully saturated rings. The molecule has 0 bridgehead atoms. The van der Waals surface area contributed by atoms with Gasteiger partial charge in [0, 0.05) is 12.5 Å². The third kappa shape index (κ3) is 3.11. The van der Waals surface area contributed by atoms with E-state index in [9.17, 15) is 10.1 Å². The van der Waals surface area contributed by atoms with Gasteiger partial charge in [0.1, 0.15) is 5.75 Å². The summed E-state index contributed by atoms with van der Waals surface area (Å²) in [6.07, 6.45) is 2.83. The number of ether oxygens (including phenoxy) is 1. The number of hydrogen-bond donors (Lipinski definition) is 0. The van der Waals surface area contributed by atoms with Crippen LogP contribution < -0.4 is 4.74 Å². The van der Waals surface area contributed by atoms with Crippen molar-refractivity contribution in [3.63, 3.8) is 0 Å². The fourth-order valence-corrected chi connectivity index (χ4v) is 2.46. The molecule has 0 amide bonds. The minimum atomic E-state index is -0.309. The molecule has 0 unspecified atom stereocenters. The molecule has 2 aromatic carbocycles. The molecule has 4 nitrogen and oxygen atoms in total. The first kappa shape index (κ1) is 13.4. The Morgan fingerprint density at radius 3 is 2.81 bits per heavy atom. The Morgan fingerprint density at radius 1 is 1.24 bits per heavy atom. The number of benzene rings is 2. The zero-order valence-electron chi connectivity index (χ0n) is 11.5. The van der Waals surface area contributed by atoms with E-state index in [1.54, 1.807) is 6.08 Å². The van der Waals surface area contributed by atoms with Crippen LogP contribution in [0.2, 0.25) is 0 Å². The number of allylic oxidation sites excluding steroid dienone is 1. The molecule has 0 spiro atoms. The van der Waals surface area contributed by atoms with E-state index in [1.807, 2.05) is 48.5 Å². The van der Waals surface area contributed by atoms with Crippen molar-refractivity contribution >= 4 is 6.08 Å². The second kappa shape index (κ2) is 5.79. The van der Waals surface area contributed by atoms with Gasteiger partial charge in [0.15, 0.2) is 0 Å². The molecule has 106 valence electrons. The molecule has 0 radical (unpaired) electrons. The smallest absolute Gasteiger partial charge is 0.251 e. The van der Waals surface area contributed by atoms with Crippen molar-refractivity contribution in [2.45, 2.75) is 12.8 Å². The van der Waals surface area contributed by atoms with E-state index >= 15 is 0 Å². The molecule has 4 heteroatoms. The third-order valence-corrected chi connectivity index (χ3v) is 3.51. The molecule has 0 N–H and O–H groups in total. The van der Waals surface area contributed by atoms with E-state index in [1.165, 1.54) is 0 Å². The summed E-state index contributed by atoms with van der Waals surface area (Å²) in [5.41, 5.74) is 3.10. The molecule has 0 aliphatic carbocycles. The van der Waals surface area contributed by atoms with E-state index in [4.69, 9.17) is 4.74 Å². The highest BCUT2D eigenvalue weighted by Gasteiger charge is 2.15. The van der Waals surface area contributed by atoms with E-state index in [0.717, 1.165) is 28.9 Å². The van der Waals surface area contributed by atoms with Crippen LogP contribution in [0.25, 0.3) is 6.08 Å².